The van der Waals surface area contributed by atoms with E-state index in [2.05, 4.69) is 9.71 Å². The topological polar surface area (TPSA) is 129 Å². The Morgan fingerprint density at radius 1 is 1.13 bits per heavy atom. The van der Waals surface area contributed by atoms with Crippen molar-refractivity contribution in [3.63, 3.8) is 0 Å². The summed E-state index contributed by atoms with van der Waals surface area (Å²) in [5.41, 5.74) is 5.86. The molecule has 2 aromatic carbocycles. The number of nitrogens with one attached hydrogen (secondary N) is 1. The van der Waals surface area contributed by atoms with Crippen molar-refractivity contribution in [3.8, 4) is 6.07 Å². The summed E-state index contributed by atoms with van der Waals surface area (Å²) in [6.45, 7) is 0. The molecule has 0 unspecified atom stereocenters. The lowest BCUT2D eigenvalue weighted by atomic mass is 10.1. The van der Waals surface area contributed by atoms with Crippen LogP contribution in [0.1, 0.15) is 5.56 Å². The van der Waals surface area contributed by atoms with Gasteiger partial charge in [0.05, 0.1) is 38.7 Å². The number of benzene rings is 2. The molecule has 0 aliphatic heterocycles. The fourth-order valence-corrected chi connectivity index (χ4v) is 4.03. The molecule has 2 amide bonds. The predicted octanol–water partition coefficient (Wildman–Crippen LogP) is 4.28. The van der Waals surface area contributed by atoms with Crippen LogP contribution < -0.4 is 15.4 Å². The molecule has 0 bridgehead atoms. The molecule has 0 atom stereocenters. The maximum absolute atomic E-state index is 12.8. The van der Waals surface area contributed by atoms with Gasteiger partial charge in [-0.05, 0) is 42.5 Å². The van der Waals surface area contributed by atoms with Crippen molar-refractivity contribution in [1.29, 1.82) is 5.26 Å². The average Bonchev–Trinajstić information content (AvgIpc) is 2.72. The summed E-state index contributed by atoms with van der Waals surface area (Å²) < 4.78 is 27.9. The number of hydrogen-bond donors (Lipinski definition) is 2. The van der Waals surface area contributed by atoms with Crippen LogP contribution in [0.3, 0.4) is 0 Å². The summed E-state index contributed by atoms with van der Waals surface area (Å²) in [6.07, 6.45) is 2.59. The van der Waals surface area contributed by atoms with Crippen LogP contribution in [-0.4, -0.2) is 19.4 Å². The Bertz CT molecular complexity index is 1260. The highest BCUT2D eigenvalue weighted by Crippen LogP contribution is 2.40. The number of urea groups is 1. The van der Waals surface area contributed by atoms with Crippen molar-refractivity contribution in [3.05, 3.63) is 76.5 Å². The summed E-state index contributed by atoms with van der Waals surface area (Å²) in [6, 6.07) is 12.4. The first-order chi connectivity index (χ1) is 14.2. The van der Waals surface area contributed by atoms with Crippen molar-refractivity contribution in [2.45, 2.75) is 4.90 Å². The second-order valence-electron chi connectivity index (χ2n) is 5.88. The van der Waals surface area contributed by atoms with Crippen molar-refractivity contribution >= 4 is 56.3 Å². The summed E-state index contributed by atoms with van der Waals surface area (Å²) in [4.78, 5) is 17.0. The van der Waals surface area contributed by atoms with Gasteiger partial charge in [-0.3, -0.25) is 14.6 Å². The minimum Gasteiger partial charge on any atom is -0.351 e. The molecular formula is C19H13Cl2N5O3S. The Balaban J connectivity index is 2.18. The van der Waals surface area contributed by atoms with Crippen LogP contribution in [0.25, 0.3) is 0 Å². The normalized spacial score (nSPS) is 10.8. The molecule has 30 heavy (non-hydrogen) atoms. The number of amides is 2. The number of primary amides is 1. The van der Waals surface area contributed by atoms with Gasteiger partial charge in [-0.25, -0.2) is 13.2 Å². The number of carbonyl (C=O) groups is 1. The molecule has 8 nitrogen and oxygen atoms in total. The first-order valence-corrected chi connectivity index (χ1v) is 10.5. The molecule has 3 N–H and O–H groups in total. The van der Waals surface area contributed by atoms with Crippen molar-refractivity contribution < 1.29 is 13.2 Å². The monoisotopic (exact) mass is 461 g/mol. The van der Waals surface area contributed by atoms with E-state index in [0.717, 1.165) is 11.1 Å². The number of carbonyl (C=O) groups excluding carboxylic acids is 1. The van der Waals surface area contributed by atoms with Gasteiger partial charge >= 0.3 is 6.03 Å². The van der Waals surface area contributed by atoms with Crippen LogP contribution in [0, 0.1) is 11.3 Å². The number of pyridine rings is 1. The first kappa shape index (κ1) is 21.4. The first-order valence-electron chi connectivity index (χ1n) is 8.25. The zero-order chi connectivity index (χ0) is 21.9. The van der Waals surface area contributed by atoms with Crippen LogP contribution in [0.4, 0.5) is 21.9 Å². The van der Waals surface area contributed by atoms with E-state index in [0.29, 0.717) is 0 Å². The lowest BCUT2D eigenvalue weighted by Gasteiger charge is -2.25. The van der Waals surface area contributed by atoms with Gasteiger partial charge in [-0.1, -0.05) is 29.3 Å². The Hall–Kier alpha value is -3.32. The van der Waals surface area contributed by atoms with Crippen LogP contribution in [0.15, 0.2) is 65.8 Å². The highest BCUT2D eigenvalue weighted by molar-refractivity contribution is 7.92. The van der Waals surface area contributed by atoms with E-state index in [1.54, 1.807) is 6.07 Å². The molecule has 0 spiro atoms. The second-order valence-corrected chi connectivity index (χ2v) is 8.35. The molecule has 0 aliphatic carbocycles. The van der Waals surface area contributed by atoms with E-state index in [1.807, 2.05) is 6.07 Å². The molecule has 0 radical (unpaired) electrons. The number of nitrogens with two attached hydrogens (primary N) is 1. The van der Waals surface area contributed by atoms with Gasteiger partial charge in [0.2, 0.25) is 0 Å². The number of nitriles is 1. The quantitative estimate of drug-likeness (QED) is 0.585. The largest absolute Gasteiger partial charge is 0.351 e. The van der Waals surface area contributed by atoms with E-state index in [4.69, 9.17) is 28.9 Å². The van der Waals surface area contributed by atoms with Gasteiger partial charge in [-0.2, -0.15) is 5.26 Å². The molecule has 3 rings (SSSR count). The maximum Gasteiger partial charge on any atom is 0.324 e. The third-order valence-corrected chi connectivity index (χ3v) is 6.11. The van der Waals surface area contributed by atoms with Crippen molar-refractivity contribution in [2.75, 3.05) is 9.62 Å². The van der Waals surface area contributed by atoms with Gasteiger partial charge in [-0.15, -0.1) is 0 Å². The molecule has 0 saturated heterocycles. The standard InChI is InChI=1S/C19H13Cl2N5O3S/c20-14-4-1-5-17(18(14)21)26(19(23)27)16-7-6-12(10-22)9-15(16)25-30(28,29)13-3-2-8-24-11-13/h1-9,11,25H,(H2,23,27). The zero-order valence-electron chi connectivity index (χ0n) is 15.1. The fourth-order valence-electron chi connectivity index (χ4n) is 2.62. The Kier molecular flexibility index (Phi) is 6.12. The third-order valence-electron chi connectivity index (χ3n) is 3.95. The number of halogens is 2. The minimum absolute atomic E-state index is 0.0448. The fraction of sp³-hybridized carbons (Fsp3) is 0. The lowest BCUT2D eigenvalue weighted by Crippen LogP contribution is -2.32. The van der Waals surface area contributed by atoms with E-state index in [-0.39, 0.29) is 37.6 Å². The van der Waals surface area contributed by atoms with Crippen LogP contribution in [0.2, 0.25) is 10.0 Å². The second kappa shape index (κ2) is 8.59. The van der Waals surface area contributed by atoms with Gasteiger partial charge in [0, 0.05) is 12.4 Å². The smallest absolute Gasteiger partial charge is 0.324 e. The van der Waals surface area contributed by atoms with Gasteiger partial charge in [0.15, 0.2) is 0 Å². The SMILES string of the molecule is N#Cc1ccc(N(C(N)=O)c2cccc(Cl)c2Cl)c(NS(=O)(=O)c2cccnc2)c1. The van der Waals surface area contributed by atoms with E-state index < -0.39 is 16.1 Å². The summed E-state index contributed by atoms with van der Waals surface area (Å²) in [5.74, 6) is 0. The number of nitrogens with zero attached hydrogens (tertiary/aromatic N) is 3. The third kappa shape index (κ3) is 4.31. The summed E-state index contributed by atoms with van der Waals surface area (Å²) in [7, 11) is -4.08. The number of sulfonamides is 1. The molecule has 152 valence electrons. The van der Waals surface area contributed by atoms with Gasteiger partial charge in [0.25, 0.3) is 10.0 Å². The number of aromatic nitrogens is 1. The van der Waals surface area contributed by atoms with Gasteiger partial charge < -0.3 is 5.73 Å². The Morgan fingerprint density at radius 2 is 1.90 bits per heavy atom. The van der Waals surface area contributed by atoms with Crippen LogP contribution >= 0.6 is 23.2 Å². The molecule has 0 fully saturated rings. The molecule has 3 aromatic rings. The number of anilines is 3. The van der Waals surface area contributed by atoms with Crippen molar-refractivity contribution in [1.82, 2.24) is 4.98 Å². The molecule has 1 aromatic heterocycles. The number of hydrogen-bond acceptors (Lipinski definition) is 5. The van der Waals surface area contributed by atoms with Gasteiger partial charge in [0.1, 0.15) is 4.90 Å². The molecule has 0 aliphatic rings. The van der Waals surface area contributed by atoms with Crippen LogP contribution in [0.5, 0.6) is 0 Å². The lowest BCUT2D eigenvalue weighted by molar-refractivity contribution is 0.256. The van der Waals surface area contributed by atoms with Crippen LogP contribution in [-0.2, 0) is 10.0 Å². The molecule has 0 saturated carbocycles. The zero-order valence-corrected chi connectivity index (χ0v) is 17.4. The average molecular weight is 462 g/mol. The number of rotatable bonds is 5. The summed E-state index contributed by atoms with van der Waals surface area (Å²) >= 11 is 12.3. The van der Waals surface area contributed by atoms with E-state index in [1.165, 1.54) is 48.7 Å². The van der Waals surface area contributed by atoms with Crippen molar-refractivity contribution in [2.24, 2.45) is 5.73 Å². The van der Waals surface area contributed by atoms with E-state index in [9.17, 15) is 18.5 Å². The van der Waals surface area contributed by atoms with E-state index >= 15 is 0 Å². The molecule has 11 heteroatoms. The molecule has 1 heterocycles. The molecular weight excluding hydrogens is 449 g/mol. The predicted molar refractivity (Wildman–Crippen MR) is 114 cm³/mol. The highest BCUT2D eigenvalue weighted by atomic mass is 35.5. The maximum atomic E-state index is 12.8. The summed E-state index contributed by atoms with van der Waals surface area (Å²) in [5, 5.41) is 9.45. The highest BCUT2D eigenvalue weighted by Gasteiger charge is 2.25. The Labute approximate surface area is 182 Å². The minimum atomic E-state index is -4.08. The Morgan fingerprint density at radius 3 is 2.53 bits per heavy atom.